The van der Waals surface area contributed by atoms with Crippen molar-refractivity contribution >= 4 is 11.0 Å². The van der Waals surface area contributed by atoms with Gasteiger partial charge in [0.25, 0.3) is 0 Å². The van der Waals surface area contributed by atoms with Crippen LogP contribution in [0.2, 0.25) is 0 Å². The molecule has 0 unspecified atom stereocenters. The lowest BCUT2D eigenvalue weighted by atomic mass is 10.1. The van der Waals surface area contributed by atoms with E-state index in [-0.39, 0.29) is 11.3 Å². The highest BCUT2D eigenvalue weighted by molar-refractivity contribution is 5.83. The highest BCUT2D eigenvalue weighted by Gasteiger charge is 2.12. The third-order valence-electron chi connectivity index (χ3n) is 2.22. The fourth-order valence-electron chi connectivity index (χ4n) is 1.38. The van der Waals surface area contributed by atoms with Crippen LogP contribution in [0, 0.1) is 19.7 Å². The molecule has 0 aliphatic heterocycles. The zero-order valence-corrected chi connectivity index (χ0v) is 7.39. The number of benzene rings is 1. The first kappa shape index (κ1) is 8.10. The largest absolute Gasteiger partial charge is 0.508 e. The van der Waals surface area contributed by atoms with Crippen molar-refractivity contribution in [3.8, 4) is 5.75 Å². The molecule has 0 bridgehead atoms. The Labute approximate surface area is 74.6 Å². The maximum atomic E-state index is 13.2. The van der Waals surface area contributed by atoms with E-state index in [1.807, 2.05) is 6.92 Å². The van der Waals surface area contributed by atoms with E-state index in [9.17, 15) is 4.39 Å². The van der Waals surface area contributed by atoms with Crippen LogP contribution in [0.5, 0.6) is 5.75 Å². The topological polar surface area (TPSA) is 33.4 Å². The van der Waals surface area contributed by atoms with Crippen molar-refractivity contribution in [2.24, 2.45) is 0 Å². The van der Waals surface area contributed by atoms with E-state index in [0.717, 1.165) is 11.6 Å². The summed E-state index contributed by atoms with van der Waals surface area (Å²) >= 11 is 0. The van der Waals surface area contributed by atoms with E-state index in [0.29, 0.717) is 11.1 Å². The Morgan fingerprint density at radius 1 is 1.31 bits per heavy atom. The van der Waals surface area contributed by atoms with Gasteiger partial charge in [0, 0.05) is 11.5 Å². The fourth-order valence-corrected chi connectivity index (χ4v) is 1.38. The van der Waals surface area contributed by atoms with Gasteiger partial charge in [-0.15, -0.1) is 0 Å². The van der Waals surface area contributed by atoms with E-state index in [4.69, 9.17) is 9.52 Å². The van der Waals surface area contributed by atoms with Crippen LogP contribution < -0.4 is 0 Å². The first-order valence-corrected chi connectivity index (χ1v) is 3.98. The molecular formula is C10H9FO2. The predicted octanol–water partition coefficient (Wildman–Crippen LogP) is 2.89. The Morgan fingerprint density at radius 2 is 2.00 bits per heavy atom. The number of phenolic OH excluding ortho intramolecular Hbond substituents is 1. The zero-order chi connectivity index (χ0) is 9.59. The minimum atomic E-state index is -0.522. The van der Waals surface area contributed by atoms with Gasteiger partial charge in [-0.25, -0.2) is 4.39 Å². The number of fused-ring (bicyclic) bond motifs is 1. The fraction of sp³-hybridized carbons (Fsp3) is 0.200. The van der Waals surface area contributed by atoms with Crippen molar-refractivity contribution in [2.75, 3.05) is 0 Å². The monoisotopic (exact) mass is 180 g/mol. The van der Waals surface area contributed by atoms with Crippen LogP contribution in [0.15, 0.2) is 16.5 Å². The maximum absolute atomic E-state index is 13.2. The second-order valence-corrected chi connectivity index (χ2v) is 3.09. The summed E-state index contributed by atoms with van der Waals surface area (Å²) in [5.74, 6) is 0.0830. The molecule has 0 saturated carbocycles. The van der Waals surface area contributed by atoms with Gasteiger partial charge in [-0.2, -0.15) is 0 Å². The van der Waals surface area contributed by atoms with Gasteiger partial charge in [-0.3, -0.25) is 0 Å². The summed E-state index contributed by atoms with van der Waals surface area (Å²) in [5.41, 5.74) is 1.08. The Kier molecular flexibility index (Phi) is 1.55. The summed E-state index contributed by atoms with van der Waals surface area (Å²) in [7, 11) is 0. The van der Waals surface area contributed by atoms with Crippen molar-refractivity contribution in [1.29, 1.82) is 0 Å². The summed E-state index contributed by atoms with van der Waals surface area (Å²) in [6.07, 6.45) is 0. The Balaban J connectivity index is 2.94. The second kappa shape index (κ2) is 2.49. The minimum Gasteiger partial charge on any atom is -0.508 e. The summed E-state index contributed by atoms with van der Waals surface area (Å²) in [4.78, 5) is 0. The van der Waals surface area contributed by atoms with Crippen LogP contribution in [0.3, 0.4) is 0 Å². The van der Waals surface area contributed by atoms with E-state index >= 15 is 0 Å². The molecule has 2 aromatic rings. The maximum Gasteiger partial charge on any atom is 0.170 e. The molecule has 1 heterocycles. The van der Waals surface area contributed by atoms with Gasteiger partial charge in [0.1, 0.15) is 11.5 Å². The molecule has 2 rings (SSSR count). The average Bonchev–Trinajstić information content (AvgIpc) is 2.32. The van der Waals surface area contributed by atoms with Crippen molar-refractivity contribution in [1.82, 2.24) is 0 Å². The Hall–Kier alpha value is -1.51. The molecule has 0 fully saturated rings. The Morgan fingerprint density at radius 3 is 2.69 bits per heavy atom. The van der Waals surface area contributed by atoms with Gasteiger partial charge in [-0.1, -0.05) is 0 Å². The number of rotatable bonds is 0. The quantitative estimate of drug-likeness (QED) is 0.676. The number of aryl methyl sites for hydroxylation is 2. The van der Waals surface area contributed by atoms with E-state index in [2.05, 4.69) is 0 Å². The van der Waals surface area contributed by atoms with Gasteiger partial charge >= 0.3 is 0 Å². The third-order valence-corrected chi connectivity index (χ3v) is 2.22. The third kappa shape index (κ3) is 1.08. The van der Waals surface area contributed by atoms with Crippen LogP contribution in [0.1, 0.15) is 11.3 Å². The molecule has 0 atom stereocenters. The van der Waals surface area contributed by atoms with Crippen LogP contribution in [-0.4, -0.2) is 5.11 Å². The van der Waals surface area contributed by atoms with Crippen molar-refractivity contribution in [3.05, 3.63) is 29.3 Å². The van der Waals surface area contributed by atoms with Gasteiger partial charge < -0.3 is 9.52 Å². The molecule has 0 radical (unpaired) electrons. The van der Waals surface area contributed by atoms with Crippen molar-refractivity contribution in [3.63, 3.8) is 0 Å². The molecule has 1 aromatic heterocycles. The van der Waals surface area contributed by atoms with Crippen LogP contribution in [0.4, 0.5) is 4.39 Å². The highest BCUT2D eigenvalue weighted by Crippen LogP contribution is 2.30. The van der Waals surface area contributed by atoms with E-state index in [1.165, 1.54) is 6.07 Å². The van der Waals surface area contributed by atoms with Crippen LogP contribution in [-0.2, 0) is 0 Å². The van der Waals surface area contributed by atoms with Gasteiger partial charge in [0.15, 0.2) is 11.4 Å². The molecule has 68 valence electrons. The van der Waals surface area contributed by atoms with E-state index < -0.39 is 5.82 Å². The molecule has 3 heteroatoms. The summed E-state index contributed by atoms with van der Waals surface area (Å²) in [6.45, 7) is 3.60. The minimum absolute atomic E-state index is 0.0751. The van der Waals surface area contributed by atoms with Gasteiger partial charge in [-0.05, 0) is 25.5 Å². The number of aromatic hydroxyl groups is 1. The number of hydrogen-bond acceptors (Lipinski definition) is 2. The Bertz CT molecular complexity index is 471. The number of furan rings is 1. The van der Waals surface area contributed by atoms with Gasteiger partial charge in [0.05, 0.1) is 0 Å². The lowest BCUT2D eigenvalue weighted by molar-refractivity contribution is 0.467. The van der Waals surface area contributed by atoms with Crippen molar-refractivity contribution in [2.45, 2.75) is 13.8 Å². The van der Waals surface area contributed by atoms with Crippen LogP contribution in [0.25, 0.3) is 11.0 Å². The molecular weight excluding hydrogens is 171 g/mol. The molecule has 1 N–H and O–H groups in total. The molecule has 0 saturated heterocycles. The molecule has 13 heavy (non-hydrogen) atoms. The summed E-state index contributed by atoms with van der Waals surface area (Å²) < 4.78 is 18.4. The average molecular weight is 180 g/mol. The molecule has 0 amide bonds. The molecule has 0 spiro atoms. The molecule has 1 aromatic carbocycles. The van der Waals surface area contributed by atoms with Gasteiger partial charge in [0.2, 0.25) is 0 Å². The normalized spacial score (nSPS) is 11.0. The summed E-state index contributed by atoms with van der Waals surface area (Å²) in [6, 6.07) is 2.55. The number of halogens is 1. The lowest BCUT2D eigenvalue weighted by Crippen LogP contribution is -1.75. The molecule has 2 nitrogen and oxygen atoms in total. The SMILES string of the molecule is Cc1oc2c(F)cc(O)cc2c1C. The zero-order valence-electron chi connectivity index (χ0n) is 7.39. The first-order chi connectivity index (χ1) is 6.09. The molecule has 0 aliphatic rings. The lowest BCUT2D eigenvalue weighted by Gasteiger charge is -1.93. The molecule has 0 aliphatic carbocycles. The number of hydrogen-bond donors (Lipinski definition) is 1. The first-order valence-electron chi connectivity index (χ1n) is 3.98. The van der Waals surface area contributed by atoms with E-state index in [1.54, 1.807) is 6.92 Å². The summed E-state index contributed by atoms with van der Waals surface area (Å²) in [5, 5.41) is 9.80. The van der Waals surface area contributed by atoms with Crippen molar-refractivity contribution < 1.29 is 13.9 Å². The second-order valence-electron chi connectivity index (χ2n) is 3.09. The van der Waals surface area contributed by atoms with Crippen LogP contribution >= 0.6 is 0 Å². The standard InChI is InChI=1S/C10H9FO2/c1-5-6(2)13-10-8(5)3-7(12)4-9(10)11/h3-4,12H,1-2H3. The smallest absolute Gasteiger partial charge is 0.170 e. The predicted molar refractivity (Wildman–Crippen MR) is 47.3 cm³/mol. The highest BCUT2D eigenvalue weighted by atomic mass is 19.1. The number of phenols is 1.